The van der Waals surface area contributed by atoms with E-state index in [2.05, 4.69) is 10.3 Å². The van der Waals surface area contributed by atoms with E-state index in [-0.39, 0.29) is 19.0 Å². The highest BCUT2D eigenvalue weighted by molar-refractivity contribution is 5.80. The largest absolute Gasteiger partial charge is 0.480 e. The summed E-state index contributed by atoms with van der Waals surface area (Å²) in [5.41, 5.74) is 0. The number of hydrogen-bond donors (Lipinski definition) is 2. The molecule has 0 bridgehead atoms. The van der Waals surface area contributed by atoms with Crippen LogP contribution < -0.4 is 5.32 Å². The SMILES string of the molecule is Cc1cnc(CNC(=O)N(CC(=O)O)CC(C)C)o1. The lowest BCUT2D eigenvalue weighted by molar-refractivity contribution is -0.137. The Bertz CT molecular complexity index is 442. The molecule has 2 N–H and O–H groups in total. The Kier molecular flexibility index (Phi) is 5.35. The van der Waals surface area contributed by atoms with Crippen molar-refractivity contribution in [2.24, 2.45) is 5.92 Å². The van der Waals surface area contributed by atoms with Crippen LogP contribution in [0.1, 0.15) is 25.5 Å². The molecule has 1 heterocycles. The molecule has 0 radical (unpaired) electrons. The number of carbonyl (C=O) groups excluding carboxylic acids is 1. The molecular weight excluding hydrogens is 250 g/mol. The number of nitrogens with zero attached hydrogens (tertiary/aromatic N) is 2. The first-order valence-electron chi connectivity index (χ1n) is 6.04. The number of aromatic nitrogens is 1. The van der Waals surface area contributed by atoms with Crippen LogP contribution >= 0.6 is 0 Å². The Morgan fingerprint density at radius 1 is 1.53 bits per heavy atom. The molecule has 7 nitrogen and oxygen atoms in total. The van der Waals surface area contributed by atoms with Gasteiger partial charge in [0.25, 0.3) is 0 Å². The van der Waals surface area contributed by atoms with Gasteiger partial charge < -0.3 is 19.7 Å². The lowest BCUT2D eigenvalue weighted by Gasteiger charge is -2.22. The summed E-state index contributed by atoms with van der Waals surface area (Å²) in [5, 5.41) is 11.4. The summed E-state index contributed by atoms with van der Waals surface area (Å²) >= 11 is 0. The van der Waals surface area contributed by atoms with Gasteiger partial charge in [-0.1, -0.05) is 13.8 Å². The highest BCUT2D eigenvalue weighted by Crippen LogP contribution is 2.03. The second-order valence-corrected chi connectivity index (χ2v) is 4.69. The van der Waals surface area contributed by atoms with Crippen LogP contribution in [0.3, 0.4) is 0 Å². The number of hydrogen-bond acceptors (Lipinski definition) is 4. The first-order chi connectivity index (χ1) is 8.88. The first kappa shape index (κ1) is 15.0. The molecule has 0 aromatic carbocycles. The number of carboxylic acid groups (broad SMARTS) is 1. The lowest BCUT2D eigenvalue weighted by atomic mass is 10.2. The van der Waals surface area contributed by atoms with E-state index in [1.165, 1.54) is 4.90 Å². The van der Waals surface area contributed by atoms with E-state index in [0.29, 0.717) is 18.2 Å². The third kappa shape index (κ3) is 5.41. The van der Waals surface area contributed by atoms with Crippen molar-refractivity contribution in [1.82, 2.24) is 15.2 Å². The number of amides is 2. The fourth-order valence-corrected chi connectivity index (χ4v) is 1.57. The number of nitrogens with one attached hydrogen (secondary N) is 1. The van der Waals surface area contributed by atoms with Gasteiger partial charge in [-0.3, -0.25) is 4.79 Å². The van der Waals surface area contributed by atoms with Crippen molar-refractivity contribution in [2.45, 2.75) is 27.3 Å². The Balaban J connectivity index is 2.53. The smallest absolute Gasteiger partial charge is 0.323 e. The maximum absolute atomic E-state index is 11.9. The van der Waals surface area contributed by atoms with E-state index in [0.717, 1.165) is 0 Å². The molecule has 7 heteroatoms. The summed E-state index contributed by atoms with van der Waals surface area (Å²) < 4.78 is 5.22. The normalized spacial score (nSPS) is 10.5. The maximum atomic E-state index is 11.9. The van der Waals surface area contributed by atoms with Gasteiger partial charge in [0.05, 0.1) is 12.7 Å². The van der Waals surface area contributed by atoms with Crippen LogP contribution in [-0.4, -0.2) is 40.1 Å². The van der Waals surface area contributed by atoms with E-state index in [1.54, 1.807) is 13.1 Å². The molecule has 0 saturated carbocycles. The minimum absolute atomic E-state index is 0.140. The quantitative estimate of drug-likeness (QED) is 0.810. The van der Waals surface area contributed by atoms with Crippen molar-refractivity contribution in [3.05, 3.63) is 17.8 Å². The van der Waals surface area contributed by atoms with Gasteiger partial charge in [-0.25, -0.2) is 9.78 Å². The van der Waals surface area contributed by atoms with Crippen molar-refractivity contribution in [1.29, 1.82) is 0 Å². The second-order valence-electron chi connectivity index (χ2n) is 4.69. The standard InChI is InChI=1S/C12H19N3O4/c1-8(2)6-15(7-11(16)17)12(18)14-5-10-13-4-9(3)19-10/h4,8H,5-7H2,1-3H3,(H,14,18)(H,16,17). The molecule has 0 atom stereocenters. The number of carboxylic acids is 1. The molecule has 0 unspecified atom stereocenters. The Labute approximate surface area is 111 Å². The fourth-order valence-electron chi connectivity index (χ4n) is 1.57. The second kappa shape index (κ2) is 6.77. The van der Waals surface area contributed by atoms with Crippen molar-refractivity contribution in [2.75, 3.05) is 13.1 Å². The van der Waals surface area contributed by atoms with Gasteiger partial charge >= 0.3 is 12.0 Å². The van der Waals surface area contributed by atoms with Crippen LogP contribution in [-0.2, 0) is 11.3 Å². The molecule has 0 fully saturated rings. The van der Waals surface area contributed by atoms with Gasteiger partial charge in [0.1, 0.15) is 12.3 Å². The highest BCUT2D eigenvalue weighted by atomic mass is 16.4. The number of rotatable bonds is 6. The van der Waals surface area contributed by atoms with Gasteiger partial charge in [-0.15, -0.1) is 0 Å². The minimum Gasteiger partial charge on any atom is -0.480 e. The third-order valence-corrected chi connectivity index (χ3v) is 2.26. The summed E-state index contributed by atoms with van der Waals surface area (Å²) in [6.07, 6.45) is 1.56. The molecule has 0 aliphatic heterocycles. The van der Waals surface area contributed by atoms with Crippen LogP contribution in [0.5, 0.6) is 0 Å². The summed E-state index contributed by atoms with van der Waals surface area (Å²) in [7, 11) is 0. The topological polar surface area (TPSA) is 95.7 Å². The van der Waals surface area contributed by atoms with E-state index in [4.69, 9.17) is 9.52 Å². The zero-order chi connectivity index (χ0) is 14.4. The number of aryl methyl sites for hydroxylation is 1. The van der Waals surface area contributed by atoms with Crippen LogP contribution in [0.2, 0.25) is 0 Å². The monoisotopic (exact) mass is 269 g/mol. The molecule has 0 saturated heterocycles. The maximum Gasteiger partial charge on any atom is 0.323 e. The first-order valence-corrected chi connectivity index (χ1v) is 6.04. The van der Waals surface area contributed by atoms with Crippen LogP contribution in [0, 0.1) is 12.8 Å². The van der Waals surface area contributed by atoms with Gasteiger partial charge in [-0.05, 0) is 12.8 Å². The van der Waals surface area contributed by atoms with Gasteiger partial charge in [-0.2, -0.15) is 0 Å². The van der Waals surface area contributed by atoms with Gasteiger partial charge in [0, 0.05) is 6.54 Å². The summed E-state index contributed by atoms with van der Waals surface area (Å²) in [6, 6.07) is -0.438. The van der Waals surface area contributed by atoms with Crippen molar-refractivity contribution >= 4 is 12.0 Å². The molecule has 1 aromatic rings. The van der Waals surface area contributed by atoms with E-state index in [1.807, 2.05) is 13.8 Å². The molecule has 1 aromatic heterocycles. The summed E-state index contributed by atoms with van der Waals surface area (Å²) in [4.78, 5) is 27.8. The molecular formula is C12H19N3O4. The Morgan fingerprint density at radius 2 is 2.21 bits per heavy atom. The average molecular weight is 269 g/mol. The zero-order valence-electron chi connectivity index (χ0n) is 11.3. The number of urea groups is 1. The zero-order valence-corrected chi connectivity index (χ0v) is 11.3. The van der Waals surface area contributed by atoms with Crippen LogP contribution in [0.15, 0.2) is 10.6 Å². The van der Waals surface area contributed by atoms with Crippen molar-refractivity contribution in [3.8, 4) is 0 Å². The molecule has 1 rings (SSSR count). The highest BCUT2D eigenvalue weighted by Gasteiger charge is 2.18. The summed E-state index contributed by atoms with van der Waals surface area (Å²) in [5.74, 6) is 0.205. The van der Waals surface area contributed by atoms with Crippen molar-refractivity contribution in [3.63, 3.8) is 0 Å². The van der Waals surface area contributed by atoms with Crippen molar-refractivity contribution < 1.29 is 19.1 Å². The minimum atomic E-state index is -1.04. The summed E-state index contributed by atoms with van der Waals surface area (Å²) in [6.45, 7) is 5.78. The third-order valence-electron chi connectivity index (χ3n) is 2.26. The van der Waals surface area contributed by atoms with E-state index < -0.39 is 12.0 Å². The molecule has 0 aliphatic carbocycles. The van der Waals surface area contributed by atoms with Gasteiger partial charge in [0.15, 0.2) is 0 Å². The fraction of sp³-hybridized carbons (Fsp3) is 0.583. The number of aliphatic carboxylic acids is 1. The Morgan fingerprint density at radius 3 is 2.68 bits per heavy atom. The Hall–Kier alpha value is -2.05. The molecule has 0 spiro atoms. The van der Waals surface area contributed by atoms with Gasteiger partial charge in [0.2, 0.25) is 5.89 Å². The molecule has 106 valence electrons. The molecule has 0 aliphatic rings. The predicted octanol–water partition coefficient (Wildman–Crippen LogP) is 1.24. The van der Waals surface area contributed by atoms with Crippen LogP contribution in [0.4, 0.5) is 4.79 Å². The average Bonchev–Trinajstić information content (AvgIpc) is 2.70. The van der Waals surface area contributed by atoms with E-state index in [9.17, 15) is 9.59 Å². The number of carbonyl (C=O) groups is 2. The molecule has 19 heavy (non-hydrogen) atoms. The predicted molar refractivity (Wildman–Crippen MR) is 67.5 cm³/mol. The number of oxazole rings is 1. The lowest BCUT2D eigenvalue weighted by Crippen LogP contribution is -2.44. The van der Waals surface area contributed by atoms with E-state index >= 15 is 0 Å². The van der Waals surface area contributed by atoms with Crippen LogP contribution in [0.25, 0.3) is 0 Å². The molecule has 2 amide bonds.